The topological polar surface area (TPSA) is 75.0 Å². The summed E-state index contributed by atoms with van der Waals surface area (Å²) in [4.78, 5) is 16.3. The van der Waals surface area contributed by atoms with Crippen molar-refractivity contribution in [2.45, 2.75) is 20.1 Å². The number of aryl methyl sites for hydroxylation is 1. The smallest absolute Gasteiger partial charge is 0.244 e. The quantitative estimate of drug-likeness (QED) is 0.614. The minimum atomic E-state index is -0.177. The zero-order valence-corrected chi connectivity index (χ0v) is 16.2. The van der Waals surface area contributed by atoms with Gasteiger partial charge in [0, 0.05) is 18.0 Å². The maximum atomic E-state index is 12.0. The van der Waals surface area contributed by atoms with E-state index >= 15 is 0 Å². The lowest BCUT2D eigenvalue weighted by atomic mass is 10.1. The van der Waals surface area contributed by atoms with Crippen molar-refractivity contribution in [3.8, 4) is 11.8 Å². The SMILES string of the molecule is Cc1nc(COc2ccc(/C=C/C(=O)NCc3ccc(C#N)cc3)cc2)cs1. The first-order valence-corrected chi connectivity index (χ1v) is 9.59. The molecule has 140 valence electrons. The fourth-order valence-electron chi connectivity index (χ4n) is 2.42. The number of rotatable bonds is 7. The number of amides is 1. The van der Waals surface area contributed by atoms with Crippen LogP contribution in [0.15, 0.2) is 60.0 Å². The van der Waals surface area contributed by atoms with Crippen LogP contribution in [0.5, 0.6) is 5.75 Å². The van der Waals surface area contributed by atoms with Crippen molar-refractivity contribution in [3.05, 3.63) is 87.4 Å². The van der Waals surface area contributed by atoms with Gasteiger partial charge in [-0.15, -0.1) is 11.3 Å². The molecule has 1 N–H and O–H groups in total. The average Bonchev–Trinajstić information content (AvgIpc) is 3.15. The number of nitrogens with one attached hydrogen (secondary N) is 1. The molecule has 1 amide bonds. The second kappa shape index (κ2) is 9.49. The first kappa shape index (κ1) is 19.3. The predicted molar refractivity (Wildman–Crippen MR) is 110 cm³/mol. The van der Waals surface area contributed by atoms with Crippen LogP contribution in [0.1, 0.15) is 27.4 Å². The van der Waals surface area contributed by atoms with Crippen LogP contribution >= 0.6 is 11.3 Å². The van der Waals surface area contributed by atoms with Gasteiger partial charge in [-0.25, -0.2) is 4.98 Å². The monoisotopic (exact) mass is 389 g/mol. The Morgan fingerprint density at radius 2 is 1.96 bits per heavy atom. The molecule has 28 heavy (non-hydrogen) atoms. The van der Waals surface area contributed by atoms with Crippen molar-refractivity contribution < 1.29 is 9.53 Å². The lowest BCUT2D eigenvalue weighted by Crippen LogP contribution is -2.20. The Kier molecular flexibility index (Phi) is 6.55. The Balaban J connectivity index is 1.46. The molecule has 0 aliphatic heterocycles. The summed E-state index contributed by atoms with van der Waals surface area (Å²) in [5, 5.41) is 14.6. The number of nitrogens with zero attached hydrogens (tertiary/aromatic N) is 2. The Hall–Kier alpha value is -3.43. The third-order valence-electron chi connectivity index (χ3n) is 3.91. The minimum absolute atomic E-state index is 0.177. The predicted octanol–water partition coefficient (Wildman–Crippen LogP) is 4.23. The summed E-state index contributed by atoms with van der Waals surface area (Å²) < 4.78 is 5.71. The van der Waals surface area contributed by atoms with E-state index in [1.165, 1.54) is 6.08 Å². The van der Waals surface area contributed by atoms with Crippen LogP contribution in [-0.4, -0.2) is 10.9 Å². The Morgan fingerprint density at radius 1 is 1.21 bits per heavy atom. The molecule has 0 saturated carbocycles. The number of ether oxygens (including phenoxy) is 1. The highest BCUT2D eigenvalue weighted by atomic mass is 32.1. The Morgan fingerprint density at radius 3 is 2.61 bits per heavy atom. The molecule has 0 aliphatic carbocycles. The molecule has 6 heteroatoms. The van der Waals surface area contributed by atoms with E-state index in [1.54, 1.807) is 29.5 Å². The number of hydrogen-bond acceptors (Lipinski definition) is 5. The summed E-state index contributed by atoms with van der Waals surface area (Å²) in [6, 6.07) is 16.7. The molecule has 0 saturated heterocycles. The number of carbonyl (C=O) groups is 1. The van der Waals surface area contributed by atoms with E-state index in [2.05, 4.69) is 16.4 Å². The van der Waals surface area contributed by atoms with E-state index < -0.39 is 0 Å². The van der Waals surface area contributed by atoms with Gasteiger partial charge in [0.15, 0.2) is 0 Å². The summed E-state index contributed by atoms with van der Waals surface area (Å²) in [6.07, 6.45) is 3.25. The van der Waals surface area contributed by atoms with Gasteiger partial charge in [0.1, 0.15) is 12.4 Å². The van der Waals surface area contributed by atoms with Crippen molar-refractivity contribution in [2.24, 2.45) is 0 Å². The molecule has 0 fully saturated rings. The van der Waals surface area contributed by atoms with Crippen LogP contribution in [0.4, 0.5) is 0 Å². The van der Waals surface area contributed by atoms with E-state index in [9.17, 15) is 4.79 Å². The van der Waals surface area contributed by atoms with E-state index in [0.29, 0.717) is 18.7 Å². The first-order valence-electron chi connectivity index (χ1n) is 8.71. The van der Waals surface area contributed by atoms with Crippen molar-refractivity contribution in [1.82, 2.24) is 10.3 Å². The van der Waals surface area contributed by atoms with Crippen LogP contribution < -0.4 is 10.1 Å². The molecule has 5 nitrogen and oxygen atoms in total. The van der Waals surface area contributed by atoms with E-state index in [4.69, 9.17) is 10.00 Å². The molecule has 0 aliphatic rings. The zero-order chi connectivity index (χ0) is 19.8. The van der Waals surface area contributed by atoms with Gasteiger partial charge in [0.25, 0.3) is 0 Å². The van der Waals surface area contributed by atoms with Crippen LogP contribution in [0, 0.1) is 18.3 Å². The lowest BCUT2D eigenvalue weighted by Gasteiger charge is -2.04. The summed E-state index contributed by atoms with van der Waals surface area (Å²) in [5.41, 5.74) is 3.37. The summed E-state index contributed by atoms with van der Waals surface area (Å²) in [7, 11) is 0. The van der Waals surface area contributed by atoms with Gasteiger partial charge in [-0.05, 0) is 48.4 Å². The van der Waals surface area contributed by atoms with Gasteiger partial charge in [0.05, 0.1) is 22.3 Å². The number of carbonyl (C=O) groups excluding carboxylic acids is 1. The number of aromatic nitrogens is 1. The molecule has 0 unspecified atom stereocenters. The van der Waals surface area contributed by atoms with Gasteiger partial charge in [-0.1, -0.05) is 24.3 Å². The lowest BCUT2D eigenvalue weighted by molar-refractivity contribution is -0.116. The standard InChI is InChI=1S/C22H19N3O2S/c1-16-25-20(15-28-16)14-27-21-9-6-17(7-10-21)8-11-22(26)24-13-19-4-2-18(12-23)3-5-19/h2-11,15H,13-14H2,1H3,(H,24,26)/b11-8+. The van der Waals surface area contributed by atoms with Crippen LogP contribution in [0.3, 0.4) is 0 Å². The molecule has 2 aromatic carbocycles. The number of benzene rings is 2. The Bertz CT molecular complexity index is 1000. The van der Waals surface area contributed by atoms with Gasteiger partial charge in [-0.3, -0.25) is 4.79 Å². The fraction of sp³-hybridized carbons (Fsp3) is 0.136. The first-order chi connectivity index (χ1) is 13.6. The van der Waals surface area contributed by atoms with Crippen LogP contribution in [-0.2, 0) is 17.9 Å². The summed E-state index contributed by atoms with van der Waals surface area (Å²) >= 11 is 1.60. The number of thiazole rings is 1. The maximum absolute atomic E-state index is 12.0. The second-order valence-corrected chi connectivity index (χ2v) is 7.14. The highest BCUT2D eigenvalue weighted by molar-refractivity contribution is 7.09. The number of hydrogen-bond donors (Lipinski definition) is 1. The largest absolute Gasteiger partial charge is 0.487 e. The zero-order valence-electron chi connectivity index (χ0n) is 15.4. The van der Waals surface area contributed by atoms with Crippen molar-refractivity contribution in [3.63, 3.8) is 0 Å². The summed E-state index contributed by atoms with van der Waals surface area (Å²) in [5.74, 6) is 0.580. The van der Waals surface area contributed by atoms with E-state index in [-0.39, 0.29) is 5.91 Å². The molecule has 3 rings (SSSR count). The van der Waals surface area contributed by atoms with Gasteiger partial charge in [0.2, 0.25) is 5.91 Å². The van der Waals surface area contributed by atoms with Crippen LogP contribution in [0.2, 0.25) is 0 Å². The fourth-order valence-corrected chi connectivity index (χ4v) is 3.02. The van der Waals surface area contributed by atoms with E-state index in [1.807, 2.05) is 48.7 Å². The molecule has 1 aromatic heterocycles. The van der Waals surface area contributed by atoms with Gasteiger partial charge >= 0.3 is 0 Å². The Labute approximate surface area is 167 Å². The minimum Gasteiger partial charge on any atom is -0.487 e. The highest BCUT2D eigenvalue weighted by Gasteiger charge is 2.01. The molecule has 3 aromatic rings. The van der Waals surface area contributed by atoms with Crippen molar-refractivity contribution in [2.75, 3.05) is 0 Å². The molecule has 0 spiro atoms. The van der Waals surface area contributed by atoms with Crippen molar-refractivity contribution >= 4 is 23.3 Å². The summed E-state index contributed by atoms with van der Waals surface area (Å²) in [6.45, 7) is 2.82. The molecule has 0 atom stereocenters. The molecular formula is C22H19N3O2S. The molecular weight excluding hydrogens is 370 g/mol. The van der Waals surface area contributed by atoms with Crippen LogP contribution in [0.25, 0.3) is 6.08 Å². The molecule has 0 radical (unpaired) electrons. The highest BCUT2D eigenvalue weighted by Crippen LogP contribution is 2.16. The average molecular weight is 389 g/mol. The van der Waals surface area contributed by atoms with Gasteiger partial charge < -0.3 is 10.1 Å². The van der Waals surface area contributed by atoms with Crippen molar-refractivity contribution in [1.29, 1.82) is 5.26 Å². The number of nitriles is 1. The second-order valence-electron chi connectivity index (χ2n) is 6.08. The van der Waals surface area contributed by atoms with E-state index in [0.717, 1.165) is 27.6 Å². The molecule has 1 heterocycles. The third kappa shape index (κ3) is 5.79. The third-order valence-corrected chi connectivity index (χ3v) is 4.73. The maximum Gasteiger partial charge on any atom is 0.244 e. The van der Waals surface area contributed by atoms with Gasteiger partial charge in [-0.2, -0.15) is 5.26 Å². The normalized spacial score (nSPS) is 10.6. The molecule has 0 bridgehead atoms.